The van der Waals surface area contributed by atoms with Crippen molar-refractivity contribution in [2.24, 2.45) is 0 Å². The Labute approximate surface area is 69.3 Å². The van der Waals surface area contributed by atoms with Crippen LogP contribution in [0.4, 0.5) is 0 Å². The summed E-state index contributed by atoms with van der Waals surface area (Å²) in [5, 5.41) is 52.2. The van der Waals surface area contributed by atoms with Gasteiger partial charge in [0.25, 0.3) is 0 Å². The molecular weight excluding hydrogens is 168 g/mol. The minimum absolute atomic E-state index is 0.726. The molecule has 0 heterocycles. The quantitative estimate of drug-likeness (QED) is 0.261. The highest BCUT2D eigenvalue weighted by molar-refractivity contribution is 4.79. The maximum absolute atomic E-state index is 8.96. The van der Waals surface area contributed by atoms with Gasteiger partial charge in [0.2, 0.25) is 0 Å². The Kier molecular flexibility index (Phi) is 5.31. The van der Waals surface area contributed by atoms with Crippen molar-refractivity contribution in [3.63, 3.8) is 0 Å². The summed E-state index contributed by atoms with van der Waals surface area (Å²) in [6.07, 6.45) is -6.39. The monoisotopic (exact) mass is 182 g/mol. The molecule has 2 unspecified atom stereocenters. The van der Waals surface area contributed by atoms with Crippen LogP contribution in [0.2, 0.25) is 0 Å². The van der Waals surface area contributed by atoms with Gasteiger partial charge in [0.05, 0.1) is 13.2 Å². The van der Waals surface area contributed by atoms with Crippen LogP contribution in [-0.2, 0) is 0 Å². The van der Waals surface area contributed by atoms with Gasteiger partial charge in [-0.3, -0.25) is 0 Å². The first kappa shape index (κ1) is 11.8. The summed E-state index contributed by atoms with van der Waals surface area (Å²) in [6, 6.07) is 0. The van der Waals surface area contributed by atoms with E-state index in [1.165, 1.54) is 0 Å². The predicted molar refractivity (Wildman–Crippen MR) is 38.2 cm³/mol. The van der Waals surface area contributed by atoms with Crippen LogP contribution in [0.1, 0.15) is 0 Å². The van der Waals surface area contributed by atoms with Crippen molar-refractivity contribution in [2.75, 3.05) is 13.2 Å². The minimum Gasteiger partial charge on any atom is -0.394 e. The zero-order valence-corrected chi connectivity index (χ0v) is 6.41. The van der Waals surface area contributed by atoms with Gasteiger partial charge < -0.3 is 30.6 Å². The van der Waals surface area contributed by atoms with Gasteiger partial charge in [0, 0.05) is 0 Å². The standard InChI is InChI=1S/C6H14O6/c7-1-3(9)5(11)6(12)4(10)2-8/h3-12H,1-2H2/t3-,4?,5-,6?/m1/s1. The van der Waals surface area contributed by atoms with E-state index in [4.69, 9.17) is 30.6 Å². The highest BCUT2D eigenvalue weighted by atomic mass is 16.4. The first-order valence-electron chi connectivity index (χ1n) is 3.48. The lowest BCUT2D eigenvalue weighted by atomic mass is 10.0. The summed E-state index contributed by atoms with van der Waals surface area (Å²) in [5.74, 6) is 0. The fourth-order valence-corrected chi connectivity index (χ4v) is 0.671. The molecule has 0 saturated heterocycles. The van der Waals surface area contributed by atoms with Crippen LogP contribution in [0.3, 0.4) is 0 Å². The molecule has 0 bridgehead atoms. The van der Waals surface area contributed by atoms with Crippen LogP contribution >= 0.6 is 0 Å². The van der Waals surface area contributed by atoms with E-state index in [-0.39, 0.29) is 0 Å². The van der Waals surface area contributed by atoms with Crippen molar-refractivity contribution in [2.45, 2.75) is 24.4 Å². The van der Waals surface area contributed by atoms with E-state index in [0.717, 1.165) is 0 Å². The second-order valence-corrected chi connectivity index (χ2v) is 2.48. The largest absolute Gasteiger partial charge is 0.394 e. The Balaban J connectivity index is 3.99. The van der Waals surface area contributed by atoms with E-state index in [1.807, 2.05) is 0 Å². The van der Waals surface area contributed by atoms with Crippen molar-refractivity contribution in [3.05, 3.63) is 0 Å². The maximum atomic E-state index is 8.96. The maximum Gasteiger partial charge on any atom is 0.111 e. The molecule has 6 N–H and O–H groups in total. The van der Waals surface area contributed by atoms with Crippen molar-refractivity contribution in [3.8, 4) is 0 Å². The third kappa shape index (κ3) is 3.02. The van der Waals surface area contributed by atoms with Crippen molar-refractivity contribution < 1.29 is 30.6 Å². The molecule has 0 aliphatic carbocycles. The van der Waals surface area contributed by atoms with Gasteiger partial charge in [-0.1, -0.05) is 0 Å². The fraction of sp³-hybridized carbons (Fsp3) is 1.00. The third-order valence-electron chi connectivity index (χ3n) is 1.51. The van der Waals surface area contributed by atoms with E-state index < -0.39 is 37.6 Å². The zero-order valence-electron chi connectivity index (χ0n) is 6.41. The van der Waals surface area contributed by atoms with Crippen molar-refractivity contribution in [1.82, 2.24) is 0 Å². The smallest absolute Gasteiger partial charge is 0.111 e. The van der Waals surface area contributed by atoms with Gasteiger partial charge >= 0.3 is 0 Å². The molecule has 0 aromatic heterocycles. The summed E-state index contributed by atoms with van der Waals surface area (Å²) in [6.45, 7) is -1.45. The van der Waals surface area contributed by atoms with Crippen LogP contribution in [-0.4, -0.2) is 68.3 Å². The number of hydrogen-bond donors (Lipinski definition) is 6. The van der Waals surface area contributed by atoms with Crippen LogP contribution in [0.5, 0.6) is 0 Å². The lowest BCUT2D eigenvalue weighted by molar-refractivity contribution is -0.123. The second kappa shape index (κ2) is 5.41. The molecule has 4 atom stereocenters. The molecule has 6 nitrogen and oxygen atoms in total. The van der Waals surface area contributed by atoms with Gasteiger partial charge in [-0.05, 0) is 0 Å². The van der Waals surface area contributed by atoms with Crippen molar-refractivity contribution >= 4 is 0 Å². The first-order valence-corrected chi connectivity index (χ1v) is 3.48. The number of aliphatic hydroxyl groups excluding tert-OH is 6. The first-order chi connectivity index (χ1) is 5.54. The van der Waals surface area contributed by atoms with Gasteiger partial charge in [-0.2, -0.15) is 0 Å². The normalized spacial score (nSPS) is 21.5. The summed E-state index contributed by atoms with van der Waals surface area (Å²) in [5.41, 5.74) is 0. The molecular formula is C6H14O6. The topological polar surface area (TPSA) is 121 Å². The lowest BCUT2D eigenvalue weighted by Crippen LogP contribution is -2.46. The Bertz CT molecular complexity index is 105. The van der Waals surface area contributed by atoms with Gasteiger partial charge in [0.15, 0.2) is 0 Å². The van der Waals surface area contributed by atoms with E-state index in [1.54, 1.807) is 0 Å². The molecule has 0 spiro atoms. The van der Waals surface area contributed by atoms with Crippen LogP contribution in [0.25, 0.3) is 0 Å². The molecule has 0 rings (SSSR count). The molecule has 0 radical (unpaired) electrons. The third-order valence-corrected chi connectivity index (χ3v) is 1.51. The van der Waals surface area contributed by atoms with Crippen molar-refractivity contribution in [1.29, 1.82) is 0 Å². The SMILES string of the molecule is OCC(O)C(O)[C@H](O)[C@H](O)CO. The van der Waals surface area contributed by atoms with E-state index in [2.05, 4.69) is 0 Å². The molecule has 0 aliphatic rings. The highest BCUT2D eigenvalue weighted by Crippen LogP contribution is 2.03. The van der Waals surface area contributed by atoms with Gasteiger partial charge in [-0.15, -0.1) is 0 Å². The predicted octanol–water partition coefficient (Wildman–Crippen LogP) is -3.59. The highest BCUT2D eigenvalue weighted by Gasteiger charge is 2.29. The lowest BCUT2D eigenvalue weighted by Gasteiger charge is -2.24. The van der Waals surface area contributed by atoms with E-state index >= 15 is 0 Å². The number of aliphatic hydroxyl groups is 6. The van der Waals surface area contributed by atoms with E-state index in [9.17, 15) is 0 Å². The Morgan fingerprint density at radius 3 is 1.08 bits per heavy atom. The van der Waals surface area contributed by atoms with Crippen LogP contribution in [0.15, 0.2) is 0 Å². The molecule has 0 aromatic carbocycles. The average Bonchev–Trinajstić information content (AvgIpc) is 2.12. The van der Waals surface area contributed by atoms with E-state index in [0.29, 0.717) is 0 Å². The Morgan fingerprint density at radius 2 is 0.917 bits per heavy atom. The molecule has 12 heavy (non-hydrogen) atoms. The molecule has 0 amide bonds. The van der Waals surface area contributed by atoms with Gasteiger partial charge in [-0.25, -0.2) is 0 Å². The second-order valence-electron chi connectivity index (χ2n) is 2.48. The number of rotatable bonds is 5. The van der Waals surface area contributed by atoms with Gasteiger partial charge in [0.1, 0.15) is 24.4 Å². The molecule has 74 valence electrons. The molecule has 0 saturated carbocycles. The minimum atomic E-state index is -1.67. The Hall–Kier alpha value is -0.240. The van der Waals surface area contributed by atoms with Crippen LogP contribution in [0, 0.1) is 0 Å². The average molecular weight is 182 g/mol. The number of hydrogen-bond acceptors (Lipinski definition) is 6. The molecule has 0 aromatic rings. The zero-order chi connectivity index (χ0) is 9.72. The fourth-order valence-electron chi connectivity index (χ4n) is 0.671. The summed E-state index contributed by atoms with van der Waals surface area (Å²) in [4.78, 5) is 0. The Morgan fingerprint density at radius 1 is 0.667 bits per heavy atom. The summed E-state index contributed by atoms with van der Waals surface area (Å²) >= 11 is 0. The molecule has 6 heteroatoms. The van der Waals surface area contributed by atoms with Crippen LogP contribution < -0.4 is 0 Å². The molecule has 0 aliphatic heterocycles. The molecule has 0 fully saturated rings. The summed E-state index contributed by atoms with van der Waals surface area (Å²) in [7, 11) is 0. The summed E-state index contributed by atoms with van der Waals surface area (Å²) < 4.78 is 0.